The molecule has 29 heavy (non-hydrogen) atoms. The van der Waals surface area contributed by atoms with Crippen molar-refractivity contribution in [3.63, 3.8) is 0 Å². The van der Waals surface area contributed by atoms with Crippen LogP contribution in [-0.4, -0.2) is 34.4 Å². The van der Waals surface area contributed by atoms with E-state index in [1.807, 2.05) is 0 Å². The third-order valence-corrected chi connectivity index (χ3v) is 4.35. The van der Waals surface area contributed by atoms with Gasteiger partial charge in [-0.25, -0.2) is 4.79 Å². The summed E-state index contributed by atoms with van der Waals surface area (Å²) in [5, 5.41) is 17.1. The van der Waals surface area contributed by atoms with Crippen LogP contribution in [0.1, 0.15) is 118 Å². The van der Waals surface area contributed by atoms with Crippen LogP contribution in [0.5, 0.6) is 0 Å². The van der Waals surface area contributed by atoms with Crippen LogP contribution < -0.4 is 0 Å². The lowest BCUT2D eigenvalue weighted by molar-refractivity contribution is -0.156. The molecule has 0 heterocycles. The van der Waals surface area contributed by atoms with Crippen LogP contribution in [-0.2, 0) is 14.3 Å². The van der Waals surface area contributed by atoms with Crippen LogP contribution in [0.2, 0.25) is 0 Å². The molecule has 2 N–H and O–H groups in total. The van der Waals surface area contributed by atoms with Gasteiger partial charge in [0.25, 0.3) is 0 Å². The van der Waals surface area contributed by atoms with Crippen LogP contribution in [0.15, 0.2) is 12.2 Å². The monoisotopic (exact) mass is 414 g/mol. The van der Waals surface area contributed by atoms with Gasteiger partial charge in [0.1, 0.15) is 6.10 Å². The Balaban J connectivity index is 0. The summed E-state index contributed by atoms with van der Waals surface area (Å²) in [6, 6.07) is 0. The second kappa shape index (κ2) is 22.9. The molecule has 5 heteroatoms. The number of carbonyl (C=O) groups is 2. The molecular formula is C24H46O5. The first-order chi connectivity index (χ1) is 13.8. The quantitative estimate of drug-likeness (QED) is 0.163. The molecule has 0 aromatic rings. The van der Waals surface area contributed by atoms with Gasteiger partial charge in [0.05, 0.1) is 6.10 Å². The van der Waals surface area contributed by atoms with Gasteiger partial charge in [0, 0.05) is 6.42 Å². The molecule has 0 amide bonds. The molecule has 0 spiro atoms. The van der Waals surface area contributed by atoms with Crippen molar-refractivity contribution in [3.05, 3.63) is 12.2 Å². The SMILES string of the molecule is CC(C)OC(=O)C(C)O.CCCCCCCC/C=C\CCCCCCCC(=O)O. The second-order valence-electron chi connectivity index (χ2n) is 7.89. The van der Waals surface area contributed by atoms with Crippen molar-refractivity contribution in [3.8, 4) is 0 Å². The lowest BCUT2D eigenvalue weighted by atomic mass is 10.1. The zero-order chi connectivity index (χ0) is 22.3. The first-order valence-electron chi connectivity index (χ1n) is 11.6. The average molecular weight is 415 g/mol. The second-order valence-corrected chi connectivity index (χ2v) is 7.89. The fourth-order valence-corrected chi connectivity index (χ4v) is 2.68. The van der Waals surface area contributed by atoms with Crippen LogP contribution in [0, 0.1) is 0 Å². The topological polar surface area (TPSA) is 83.8 Å². The highest BCUT2D eigenvalue weighted by atomic mass is 16.6. The highest BCUT2D eigenvalue weighted by molar-refractivity contribution is 5.73. The Labute approximate surface area is 178 Å². The largest absolute Gasteiger partial charge is 0.481 e. The molecule has 0 aliphatic carbocycles. The molecule has 0 fully saturated rings. The number of esters is 1. The lowest BCUT2D eigenvalue weighted by Gasteiger charge is -2.08. The number of carboxylic acids is 1. The predicted octanol–water partition coefficient (Wildman–Crippen LogP) is 6.43. The van der Waals surface area contributed by atoms with Crippen molar-refractivity contribution in [2.45, 2.75) is 130 Å². The first kappa shape index (κ1) is 29.8. The number of aliphatic carboxylic acids is 1. The van der Waals surface area contributed by atoms with Gasteiger partial charge in [-0.3, -0.25) is 4.79 Å². The van der Waals surface area contributed by atoms with Crippen molar-refractivity contribution in [1.82, 2.24) is 0 Å². The lowest BCUT2D eigenvalue weighted by Crippen LogP contribution is -2.22. The van der Waals surface area contributed by atoms with Gasteiger partial charge < -0.3 is 14.9 Å². The molecule has 1 unspecified atom stereocenters. The molecule has 0 aliphatic rings. The van der Waals surface area contributed by atoms with Crippen molar-refractivity contribution in [2.24, 2.45) is 0 Å². The minimum absolute atomic E-state index is 0.146. The number of unbranched alkanes of at least 4 members (excludes halogenated alkanes) is 11. The third-order valence-electron chi connectivity index (χ3n) is 4.35. The summed E-state index contributed by atoms with van der Waals surface area (Å²) >= 11 is 0. The van der Waals surface area contributed by atoms with Crippen LogP contribution in [0.25, 0.3) is 0 Å². The summed E-state index contributed by atoms with van der Waals surface area (Å²) < 4.78 is 4.62. The molecule has 0 radical (unpaired) electrons. The maximum Gasteiger partial charge on any atom is 0.334 e. The average Bonchev–Trinajstić information content (AvgIpc) is 2.64. The molecule has 5 nitrogen and oxygen atoms in total. The smallest absolute Gasteiger partial charge is 0.334 e. The summed E-state index contributed by atoms with van der Waals surface area (Å²) in [5.74, 6) is -1.23. The number of allylic oxidation sites excluding steroid dienone is 2. The first-order valence-corrected chi connectivity index (χ1v) is 11.6. The maximum absolute atomic E-state index is 10.5. The maximum atomic E-state index is 10.5. The highest BCUT2D eigenvalue weighted by Crippen LogP contribution is 2.09. The van der Waals surface area contributed by atoms with E-state index in [4.69, 9.17) is 10.2 Å². The van der Waals surface area contributed by atoms with Crippen molar-refractivity contribution in [2.75, 3.05) is 0 Å². The molecule has 0 aliphatic heterocycles. The van der Waals surface area contributed by atoms with E-state index < -0.39 is 18.0 Å². The molecule has 1 atom stereocenters. The van der Waals surface area contributed by atoms with Gasteiger partial charge in [-0.15, -0.1) is 0 Å². The Bertz CT molecular complexity index is 402. The molecule has 0 saturated heterocycles. The summed E-state index contributed by atoms with van der Waals surface area (Å²) in [5.41, 5.74) is 0. The fraction of sp³-hybridized carbons (Fsp3) is 0.833. The number of carbonyl (C=O) groups excluding carboxylic acids is 1. The van der Waals surface area contributed by atoms with E-state index in [0.717, 1.165) is 12.8 Å². The fourth-order valence-electron chi connectivity index (χ4n) is 2.68. The van der Waals surface area contributed by atoms with E-state index in [0.29, 0.717) is 6.42 Å². The van der Waals surface area contributed by atoms with E-state index in [-0.39, 0.29) is 6.10 Å². The summed E-state index contributed by atoms with van der Waals surface area (Å²) in [6.07, 6.45) is 20.1. The van der Waals surface area contributed by atoms with Crippen molar-refractivity contribution < 1.29 is 24.5 Å². The van der Waals surface area contributed by atoms with E-state index in [1.165, 1.54) is 77.6 Å². The van der Waals surface area contributed by atoms with Crippen molar-refractivity contribution in [1.29, 1.82) is 0 Å². The minimum Gasteiger partial charge on any atom is -0.481 e. The van der Waals surface area contributed by atoms with Gasteiger partial charge in [0.2, 0.25) is 0 Å². The Morgan fingerprint density at radius 2 is 1.24 bits per heavy atom. The summed E-state index contributed by atoms with van der Waals surface area (Å²) in [6.45, 7) is 7.11. The number of aliphatic hydroxyl groups excluding tert-OH is 1. The van der Waals surface area contributed by atoms with E-state index >= 15 is 0 Å². The summed E-state index contributed by atoms with van der Waals surface area (Å²) in [7, 11) is 0. The molecule has 0 saturated carbocycles. The molecular weight excluding hydrogens is 368 g/mol. The van der Waals surface area contributed by atoms with Gasteiger partial charge in [0.15, 0.2) is 0 Å². The standard InChI is InChI=1S/C18H34O2.C6H12O3/c1-2-3-4-5-6-7-8-9-10-11-12-13-14-15-16-17-18(19)20;1-4(2)9-6(8)5(3)7/h9-10H,2-8,11-17H2,1H3,(H,19,20);4-5,7H,1-3H3/b10-9-;. The normalized spacial score (nSPS) is 11.9. The minimum atomic E-state index is -1.01. The predicted molar refractivity (Wildman–Crippen MR) is 120 cm³/mol. The number of rotatable bonds is 17. The molecule has 0 aromatic heterocycles. The summed E-state index contributed by atoms with van der Waals surface area (Å²) in [4.78, 5) is 20.8. The number of aliphatic hydroxyl groups is 1. The van der Waals surface area contributed by atoms with Crippen LogP contribution in [0.4, 0.5) is 0 Å². The van der Waals surface area contributed by atoms with Gasteiger partial charge in [-0.2, -0.15) is 0 Å². The van der Waals surface area contributed by atoms with Crippen molar-refractivity contribution >= 4 is 11.9 Å². The Morgan fingerprint density at radius 1 is 0.793 bits per heavy atom. The number of ether oxygens (including phenoxy) is 1. The van der Waals surface area contributed by atoms with Crippen LogP contribution >= 0.6 is 0 Å². The van der Waals surface area contributed by atoms with E-state index in [1.54, 1.807) is 13.8 Å². The van der Waals surface area contributed by atoms with Crippen LogP contribution in [0.3, 0.4) is 0 Å². The van der Waals surface area contributed by atoms with Gasteiger partial charge >= 0.3 is 11.9 Å². The Morgan fingerprint density at radius 3 is 1.62 bits per heavy atom. The molecule has 172 valence electrons. The number of hydrogen-bond acceptors (Lipinski definition) is 4. The number of carboxylic acid groups (broad SMARTS) is 1. The Hall–Kier alpha value is -1.36. The molecule has 0 rings (SSSR count). The van der Waals surface area contributed by atoms with E-state index in [2.05, 4.69) is 23.8 Å². The molecule has 0 bridgehead atoms. The number of hydrogen-bond donors (Lipinski definition) is 2. The Kier molecular flexibility index (Phi) is 23.6. The molecule has 0 aromatic carbocycles. The highest BCUT2D eigenvalue weighted by Gasteiger charge is 2.10. The van der Waals surface area contributed by atoms with Gasteiger partial charge in [-0.05, 0) is 52.9 Å². The van der Waals surface area contributed by atoms with E-state index in [9.17, 15) is 9.59 Å². The van der Waals surface area contributed by atoms with Gasteiger partial charge in [-0.1, -0.05) is 70.4 Å². The zero-order valence-electron chi connectivity index (χ0n) is 19.3. The zero-order valence-corrected chi connectivity index (χ0v) is 19.3. The third kappa shape index (κ3) is 28.9.